The van der Waals surface area contributed by atoms with Gasteiger partial charge in [-0.15, -0.1) is 0 Å². The predicted octanol–water partition coefficient (Wildman–Crippen LogP) is 3.55. The molecule has 9 heteroatoms. The van der Waals surface area contributed by atoms with Gasteiger partial charge in [0, 0.05) is 18.8 Å². The standard InChI is InChI=1S/C22H26F3N3O2S/c1-3-14-4-7-18(17(24)10-14)27-20-15(5-6-16(23)19(20)25)21(29)28-12-22(30,13-28)11-26-8-9-31-2/h4-7,10,26-27,30H,3,8-9,11-13H2,1-2H3. The largest absolute Gasteiger partial charge is 0.385 e. The smallest absolute Gasteiger partial charge is 0.256 e. The fourth-order valence-electron chi connectivity index (χ4n) is 3.45. The molecule has 1 heterocycles. The van der Waals surface area contributed by atoms with Crippen LogP contribution < -0.4 is 10.6 Å². The van der Waals surface area contributed by atoms with Crippen molar-refractivity contribution in [3.63, 3.8) is 0 Å². The minimum Gasteiger partial charge on any atom is -0.385 e. The van der Waals surface area contributed by atoms with Crippen LogP contribution in [0.5, 0.6) is 0 Å². The van der Waals surface area contributed by atoms with Gasteiger partial charge in [-0.25, -0.2) is 13.2 Å². The molecule has 3 N–H and O–H groups in total. The topological polar surface area (TPSA) is 64.6 Å². The molecule has 2 aromatic rings. The number of aryl methyl sites for hydroxylation is 1. The van der Waals surface area contributed by atoms with Crippen LogP contribution in [0.2, 0.25) is 0 Å². The molecule has 2 aromatic carbocycles. The first-order chi connectivity index (χ1) is 14.8. The van der Waals surface area contributed by atoms with E-state index < -0.39 is 34.6 Å². The third-order valence-corrected chi connectivity index (χ3v) is 5.83. The van der Waals surface area contributed by atoms with Gasteiger partial charge in [0.05, 0.1) is 30.0 Å². The van der Waals surface area contributed by atoms with Crippen molar-refractivity contribution in [2.24, 2.45) is 0 Å². The van der Waals surface area contributed by atoms with Crippen molar-refractivity contribution in [3.8, 4) is 0 Å². The van der Waals surface area contributed by atoms with Crippen molar-refractivity contribution < 1.29 is 23.1 Å². The van der Waals surface area contributed by atoms with E-state index in [0.29, 0.717) is 13.0 Å². The van der Waals surface area contributed by atoms with E-state index in [1.165, 1.54) is 17.0 Å². The van der Waals surface area contributed by atoms with Gasteiger partial charge < -0.3 is 20.6 Å². The lowest BCUT2D eigenvalue weighted by Gasteiger charge is -2.46. The molecule has 0 aromatic heterocycles. The predicted molar refractivity (Wildman–Crippen MR) is 118 cm³/mol. The second-order valence-electron chi connectivity index (χ2n) is 7.63. The number of rotatable bonds is 9. The molecule has 0 radical (unpaired) electrons. The van der Waals surface area contributed by atoms with E-state index in [0.717, 1.165) is 30.0 Å². The number of amides is 1. The molecule has 31 heavy (non-hydrogen) atoms. The lowest BCUT2D eigenvalue weighted by Crippen LogP contribution is -2.67. The van der Waals surface area contributed by atoms with E-state index in [1.54, 1.807) is 17.8 Å². The number of likely N-dealkylation sites (tertiary alicyclic amines) is 1. The zero-order valence-electron chi connectivity index (χ0n) is 17.5. The van der Waals surface area contributed by atoms with Crippen molar-refractivity contribution >= 4 is 29.0 Å². The molecule has 0 atom stereocenters. The van der Waals surface area contributed by atoms with Gasteiger partial charge in [0.2, 0.25) is 0 Å². The number of halogens is 3. The Morgan fingerprint density at radius 1 is 1.19 bits per heavy atom. The molecular formula is C22H26F3N3O2S. The second kappa shape index (κ2) is 9.93. The minimum absolute atomic E-state index is 0.0612. The first kappa shape index (κ1) is 23.4. The fraction of sp³-hybridized carbons (Fsp3) is 0.409. The van der Waals surface area contributed by atoms with Crippen LogP contribution in [-0.4, -0.2) is 59.7 Å². The Hall–Kier alpha value is -2.23. The maximum Gasteiger partial charge on any atom is 0.256 e. The highest BCUT2D eigenvalue weighted by molar-refractivity contribution is 7.98. The lowest BCUT2D eigenvalue weighted by atomic mass is 9.92. The molecule has 3 rings (SSSR count). The molecule has 1 aliphatic rings. The summed E-state index contributed by atoms with van der Waals surface area (Å²) in [6.45, 7) is 3.07. The minimum atomic E-state index is -1.26. The van der Waals surface area contributed by atoms with Crippen molar-refractivity contribution in [1.29, 1.82) is 0 Å². The molecule has 5 nitrogen and oxygen atoms in total. The highest BCUT2D eigenvalue weighted by Gasteiger charge is 2.44. The zero-order valence-corrected chi connectivity index (χ0v) is 18.3. The summed E-state index contributed by atoms with van der Waals surface area (Å²) in [4.78, 5) is 14.3. The monoisotopic (exact) mass is 453 g/mol. The van der Waals surface area contributed by atoms with E-state index >= 15 is 0 Å². The summed E-state index contributed by atoms with van der Waals surface area (Å²) in [5.41, 5.74) is -0.932. The molecule has 168 valence electrons. The van der Waals surface area contributed by atoms with E-state index in [2.05, 4.69) is 10.6 Å². The summed E-state index contributed by atoms with van der Waals surface area (Å²) in [5, 5.41) is 16.2. The molecular weight excluding hydrogens is 427 g/mol. The van der Waals surface area contributed by atoms with Gasteiger partial charge in [-0.05, 0) is 42.5 Å². The summed E-state index contributed by atoms with van der Waals surface area (Å²) < 4.78 is 42.8. The van der Waals surface area contributed by atoms with Gasteiger partial charge in [0.25, 0.3) is 5.91 Å². The summed E-state index contributed by atoms with van der Waals surface area (Å²) in [6.07, 6.45) is 2.61. The van der Waals surface area contributed by atoms with Gasteiger partial charge in [-0.1, -0.05) is 13.0 Å². The summed E-state index contributed by atoms with van der Waals surface area (Å²) in [7, 11) is 0. The normalized spacial score (nSPS) is 15.0. The number of nitrogens with zero attached hydrogens (tertiary/aromatic N) is 1. The Balaban J connectivity index is 1.77. The number of hydrogen-bond donors (Lipinski definition) is 3. The van der Waals surface area contributed by atoms with Gasteiger partial charge in [0.1, 0.15) is 11.4 Å². The molecule has 1 aliphatic heterocycles. The Labute approximate surface area is 184 Å². The number of anilines is 2. The van der Waals surface area contributed by atoms with Crippen LogP contribution in [0.1, 0.15) is 22.8 Å². The highest BCUT2D eigenvalue weighted by atomic mass is 32.2. The first-order valence-electron chi connectivity index (χ1n) is 10.0. The van der Waals surface area contributed by atoms with Gasteiger partial charge in [0.15, 0.2) is 11.6 Å². The Morgan fingerprint density at radius 2 is 1.94 bits per heavy atom. The molecule has 0 spiro atoms. The molecule has 1 saturated heterocycles. The summed E-state index contributed by atoms with van der Waals surface area (Å²) in [6, 6.07) is 6.43. The third kappa shape index (κ3) is 5.34. The van der Waals surface area contributed by atoms with Crippen molar-refractivity contribution in [1.82, 2.24) is 10.2 Å². The first-order valence-corrected chi connectivity index (χ1v) is 11.4. The van der Waals surface area contributed by atoms with E-state index in [9.17, 15) is 23.1 Å². The molecule has 0 unspecified atom stereocenters. The van der Waals surface area contributed by atoms with Crippen LogP contribution in [0.25, 0.3) is 0 Å². The number of hydrogen-bond acceptors (Lipinski definition) is 5. The van der Waals surface area contributed by atoms with Crippen LogP contribution >= 0.6 is 11.8 Å². The number of nitrogens with one attached hydrogen (secondary N) is 2. The number of carbonyl (C=O) groups is 1. The van der Waals surface area contributed by atoms with Crippen molar-refractivity contribution in [2.45, 2.75) is 18.9 Å². The average Bonchev–Trinajstić information content (AvgIpc) is 2.73. The highest BCUT2D eigenvalue weighted by Crippen LogP contribution is 2.31. The molecule has 0 saturated carbocycles. The van der Waals surface area contributed by atoms with E-state index in [1.807, 2.05) is 13.2 Å². The van der Waals surface area contributed by atoms with Crippen LogP contribution in [0.15, 0.2) is 30.3 Å². The van der Waals surface area contributed by atoms with E-state index in [4.69, 9.17) is 0 Å². The van der Waals surface area contributed by atoms with Gasteiger partial charge >= 0.3 is 0 Å². The zero-order chi connectivity index (χ0) is 22.6. The van der Waals surface area contributed by atoms with Crippen molar-refractivity contribution in [2.75, 3.05) is 43.5 Å². The second-order valence-corrected chi connectivity index (χ2v) is 8.62. The SMILES string of the molecule is CCc1ccc(Nc2c(C(=O)N3CC(O)(CNCCSC)C3)ccc(F)c2F)c(F)c1. The average molecular weight is 454 g/mol. The number of thioether (sulfide) groups is 1. The summed E-state index contributed by atoms with van der Waals surface area (Å²) in [5.74, 6) is -2.71. The quantitative estimate of drug-likeness (QED) is 0.507. The number of β-amino-alcohol motifs (C(OH)–C–C–N with tert-alkyl or cyclic N) is 1. The maximum absolute atomic E-state index is 14.6. The Morgan fingerprint density at radius 3 is 2.58 bits per heavy atom. The van der Waals surface area contributed by atoms with Crippen molar-refractivity contribution in [3.05, 3.63) is 58.9 Å². The number of aliphatic hydroxyl groups is 1. The Bertz CT molecular complexity index is 952. The fourth-order valence-corrected chi connectivity index (χ4v) is 3.80. The van der Waals surface area contributed by atoms with Crippen LogP contribution in [0.4, 0.5) is 24.5 Å². The molecule has 0 aliphatic carbocycles. The van der Waals surface area contributed by atoms with Gasteiger partial charge in [-0.2, -0.15) is 11.8 Å². The molecule has 1 fully saturated rings. The van der Waals surface area contributed by atoms with Crippen LogP contribution in [0.3, 0.4) is 0 Å². The van der Waals surface area contributed by atoms with E-state index in [-0.39, 0.29) is 24.3 Å². The number of carbonyl (C=O) groups excluding carboxylic acids is 1. The molecule has 1 amide bonds. The van der Waals surface area contributed by atoms with Crippen LogP contribution in [-0.2, 0) is 6.42 Å². The van der Waals surface area contributed by atoms with Gasteiger partial charge in [-0.3, -0.25) is 4.79 Å². The number of benzene rings is 2. The molecule has 0 bridgehead atoms. The lowest BCUT2D eigenvalue weighted by molar-refractivity contribution is -0.0782. The van der Waals surface area contributed by atoms with Crippen LogP contribution in [0, 0.1) is 17.5 Å². The third-order valence-electron chi connectivity index (χ3n) is 5.22. The summed E-state index contributed by atoms with van der Waals surface area (Å²) >= 11 is 1.68. The maximum atomic E-state index is 14.6. The Kier molecular flexibility index (Phi) is 7.51.